The van der Waals surface area contributed by atoms with E-state index in [-0.39, 0.29) is 0 Å². The molecule has 1 aromatic rings. The summed E-state index contributed by atoms with van der Waals surface area (Å²) in [4.78, 5) is 2.41. The summed E-state index contributed by atoms with van der Waals surface area (Å²) >= 11 is 2.00. The molecule has 1 aromatic heterocycles. The first kappa shape index (κ1) is 10.8. The average Bonchev–Trinajstić information content (AvgIpc) is 2.43. The lowest BCUT2D eigenvalue weighted by molar-refractivity contribution is 0.674. The highest BCUT2D eigenvalue weighted by Crippen LogP contribution is 2.30. The van der Waals surface area contributed by atoms with Crippen LogP contribution in [0.4, 0.5) is 5.69 Å². The fraction of sp³-hybridized carbons (Fsp3) is 0.700. The molecule has 0 saturated carbocycles. The van der Waals surface area contributed by atoms with E-state index in [0.717, 1.165) is 17.9 Å². The van der Waals surface area contributed by atoms with E-state index < -0.39 is 0 Å². The number of hydrogen-bond donors (Lipinski definition) is 2. The standard InChI is InChI=1S/C10H18N4S/c1-7-10(8(2)13-12-7)14(4-3-11)9-5-15-6-9/h9H,3-6,11H2,1-2H3,(H,12,13). The zero-order valence-corrected chi connectivity index (χ0v) is 10.1. The molecule has 0 aliphatic carbocycles. The Labute approximate surface area is 94.6 Å². The van der Waals surface area contributed by atoms with Gasteiger partial charge in [0.2, 0.25) is 0 Å². The zero-order chi connectivity index (χ0) is 10.8. The molecule has 84 valence electrons. The van der Waals surface area contributed by atoms with Gasteiger partial charge in [0, 0.05) is 30.6 Å². The number of hydrogen-bond acceptors (Lipinski definition) is 4. The number of aryl methyl sites for hydroxylation is 2. The quantitative estimate of drug-likeness (QED) is 0.801. The highest BCUT2D eigenvalue weighted by atomic mass is 32.2. The molecular weight excluding hydrogens is 208 g/mol. The van der Waals surface area contributed by atoms with Gasteiger partial charge in [0.25, 0.3) is 0 Å². The molecule has 2 rings (SSSR count). The minimum absolute atomic E-state index is 0.647. The molecule has 3 N–H and O–H groups in total. The second-order valence-electron chi connectivity index (χ2n) is 3.96. The minimum atomic E-state index is 0.647. The van der Waals surface area contributed by atoms with E-state index in [9.17, 15) is 0 Å². The van der Waals surface area contributed by atoms with Gasteiger partial charge >= 0.3 is 0 Å². The molecule has 0 atom stereocenters. The number of nitrogens with zero attached hydrogens (tertiary/aromatic N) is 2. The summed E-state index contributed by atoms with van der Waals surface area (Å²) in [6.45, 7) is 5.75. The highest BCUT2D eigenvalue weighted by molar-refractivity contribution is 8.00. The zero-order valence-electron chi connectivity index (χ0n) is 9.29. The van der Waals surface area contributed by atoms with Crippen LogP contribution in [0.2, 0.25) is 0 Å². The molecule has 15 heavy (non-hydrogen) atoms. The number of thioether (sulfide) groups is 1. The molecule has 1 aliphatic rings. The van der Waals surface area contributed by atoms with E-state index in [0.29, 0.717) is 12.6 Å². The maximum Gasteiger partial charge on any atom is 0.0827 e. The predicted octanol–water partition coefficient (Wildman–Crippen LogP) is 0.907. The number of H-pyrrole nitrogens is 1. The van der Waals surface area contributed by atoms with Crippen LogP contribution in [0.1, 0.15) is 11.4 Å². The van der Waals surface area contributed by atoms with Crippen LogP contribution >= 0.6 is 11.8 Å². The first-order valence-electron chi connectivity index (χ1n) is 5.30. The number of anilines is 1. The van der Waals surface area contributed by atoms with Gasteiger partial charge in [0.15, 0.2) is 0 Å². The Morgan fingerprint density at radius 3 is 2.67 bits per heavy atom. The Morgan fingerprint density at radius 1 is 1.53 bits per heavy atom. The van der Waals surface area contributed by atoms with E-state index in [1.165, 1.54) is 17.2 Å². The third-order valence-corrected chi connectivity index (χ3v) is 4.05. The second kappa shape index (κ2) is 4.45. The normalized spacial score (nSPS) is 16.5. The van der Waals surface area contributed by atoms with E-state index in [4.69, 9.17) is 5.73 Å². The summed E-state index contributed by atoms with van der Waals surface area (Å²) in [5, 5.41) is 7.29. The topological polar surface area (TPSA) is 57.9 Å². The van der Waals surface area contributed by atoms with Crippen molar-refractivity contribution in [3.63, 3.8) is 0 Å². The number of nitrogens with one attached hydrogen (secondary N) is 1. The van der Waals surface area contributed by atoms with Gasteiger partial charge in [0.1, 0.15) is 0 Å². The second-order valence-corrected chi connectivity index (χ2v) is 5.03. The van der Waals surface area contributed by atoms with Crippen LogP contribution < -0.4 is 10.6 Å². The van der Waals surface area contributed by atoms with E-state index >= 15 is 0 Å². The summed E-state index contributed by atoms with van der Waals surface area (Å²) in [7, 11) is 0. The third kappa shape index (κ3) is 1.99. The summed E-state index contributed by atoms with van der Waals surface area (Å²) in [6, 6.07) is 0.647. The summed E-state index contributed by atoms with van der Waals surface area (Å²) in [5.41, 5.74) is 9.16. The molecule has 1 fully saturated rings. The van der Waals surface area contributed by atoms with Crippen LogP contribution in [0, 0.1) is 13.8 Å². The smallest absolute Gasteiger partial charge is 0.0827 e. The Hall–Kier alpha value is -0.680. The molecule has 0 amide bonds. The molecule has 0 bridgehead atoms. The molecule has 1 saturated heterocycles. The number of rotatable bonds is 4. The van der Waals surface area contributed by atoms with Crippen molar-refractivity contribution >= 4 is 17.4 Å². The maximum atomic E-state index is 5.67. The molecule has 0 radical (unpaired) electrons. The number of aromatic nitrogens is 2. The first-order chi connectivity index (χ1) is 7.24. The van der Waals surface area contributed by atoms with Crippen LogP contribution in [0.3, 0.4) is 0 Å². The molecule has 0 unspecified atom stereocenters. The van der Waals surface area contributed by atoms with Gasteiger partial charge in [-0.3, -0.25) is 5.10 Å². The van der Waals surface area contributed by atoms with Gasteiger partial charge in [-0.2, -0.15) is 16.9 Å². The van der Waals surface area contributed by atoms with Crippen LogP contribution in [0.15, 0.2) is 0 Å². The fourth-order valence-electron chi connectivity index (χ4n) is 1.99. The van der Waals surface area contributed by atoms with Crippen molar-refractivity contribution in [2.45, 2.75) is 19.9 Å². The molecule has 1 aliphatic heterocycles. The van der Waals surface area contributed by atoms with Crippen molar-refractivity contribution in [2.24, 2.45) is 5.73 Å². The monoisotopic (exact) mass is 226 g/mol. The van der Waals surface area contributed by atoms with Gasteiger partial charge in [-0.1, -0.05) is 0 Å². The van der Waals surface area contributed by atoms with E-state index in [1.807, 2.05) is 18.7 Å². The van der Waals surface area contributed by atoms with Crippen molar-refractivity contribution in [3.8, 4) is 0 Å². The lowest BCUT2D eigenvalue weighted by atomic mass is 10.2. The van der Waals surface area contributed by atoms with Crippen LogP contribution in [0.25, 0.3) is 0 Å². The molecule has 0 aromatic carbocycles. The van der Waals surface area contributed by atoms with Crippen LogP contribution in [-0.2, 0) is 0 Å². The van der Waals surface area contributed by atoms with Gasteiger partial charge < -0.3 is 10.6 Å². The summed E-state index contributed by atoms with van der Waals surface area (Å²) in [6.07, 6.45) is 0. The third-order valence-electron chi connectivity index (χ3n) is 2.81. The Morgan fingerprint density at radius 2 is 2.27 bits per heavy atom. The fourth-order valence-corrected chi connectivity index (χ4v) is 2.79. The van der Waals surface area contributed by atoms with Gasteiger partial charge in [-0.05, 0) is 13.8 Å². The van der Waals surface area contributed by atoms with Gasteiger partial charge in [0.05, 0.1) is 17.1 Å². The molecular formula is C10H18N4S. The number of aromatic amines is 1. The van der Waals surface area contributed by atoms with Crippen molar-refractivity contribution in [3.05, 3.63) is 11.4 Å². The molecule has 2 heterocycles. The summed E-state index contributed by atoms with van der Waals surface area (Å²) < 4.78 is 0. The Bertz CT molecular complexity index is 313. The van der Waals surface area contributed by atoms with Crippen molar-refractivity contribution in [1.29, 1.82) is 0 Å². The summed E-state index contributed by atoms with van der Waals surface area (Å²) in [5.74, 6) is 2.42. The van der Waals surface area contributed by atoms with E-state index in [1.54, 1.807) is 0 Å². The number of nitrogens with two attached hydrogens (primary N) is 1. The molecule has 5 heteroatoms. The lowest BCUT2D eigenvalue weighted by Gasteiger charge is -2.38. The van der Waals surface area contributed by atoms with Crippen molar-refractivity contribution in [2.75, 3.05) is 29.5 Å². The Kier molecular flexibility index (Phi) is 3.21. The maximum absolute atomic E-state index is 5.67. The minimum Gasteiger partial charge on any atom is -0.363 e. The van der Waals surface area contributed by atoms with Crippen molar-refractivity contribution < 1.29 is 0 Å². The van der Waals surface area contributed by atoms with Gasteiger partial charge in [-0.15, -0.1) is 0 Å². The van der Waals surface area contributed by atoms with Crippen LogP contribution in [-0.4, -0.2) is 40.8 Å². The first-order valence-corrected chi connectivity index (χ1v) is 6.45. The van der Waals surface area contributed by atoms with E-state index in [2.05, 4.69) is 22.0 Å². The molecule has 4 nitrogen and oxygen atoms in total. The molecule has 0 spiro atoms. The van der Waals surface area contributed by atoms with Crippen LogP contribution in [0.5, 0.6) is 0 Å². The highest BCUT2D eigenvalue weighted by Gasteiger charge is 2.28. The largest absolute Gasteiger partial charge is 0.363 e. The lowest BCUT2D eigenvalue weighted by Crippen LogP contribution is -2.47. The Balaban J connectivity index is 2.22. The SMILES string of the molecule is Cc1n[nH]c(C)c1N(CCN)C1CSC1. The predicted molar refractivity (Wildman–Crippen MR) is 65.6 cm³/mol. The average molecular weight is 226 g/mol. The van der Waals surface area contributed by atoms with Gasteiger partial charge in [-0.25, -0.2) is 0 Å². The van der Waals surface area contributed by atoms with Crippen molar-refractivity contribution in [1.82, 2.24) is 10.2 Å².